The lowest BCUT2D eigenvalue weighted by molar-refractivity contribution is 0.101. The smallest absolute Gasteiger partial charge is 0.272 e. The van der Waals surface area contributed by atoms with Crippen molar-refractivity contribution in [1.29, 1.82) is 0 Å². The van der Waals surface area contributed by atoms with Crippen LogP contribution in [0.1, 0.15) is 35.0 Å². The molecular weight excluding hydrogens is 312 g/mol. The molecule has 0 aliphatic carbocycles. The minimum atomic E-state index is -0.261. The van der Waals surface area contributed by atoms with Crippen molar-refractivity contribution < 1.29 is 4.79 Å². The maximum Gasteiger partial charge on any atom is 0.272 e. The van der Waals surface area contributed by atoms with E-state index in [1.165, 1.54) is 0 Å². The van der Waals surface area contributed by atoms with Crippen LogP contribution in [0, 0.1) is 13.8 Å². The zero-order valence-electron chi connectivity index (χ0n) is 14.8. The Balaban J connectivity index is 2.08. The standard InChI is InChI=1S/C21H22N2O2/c1-4-11-23-19(13-16-7-5-6-8-17(16)21(23)25)20(24)22-18-10-9-14(2)12-15(18)3/h5-10,12-13H,4,11H2,1-3H3,(H,22,24). The van der Waals surface area contributed by atoms with Crippen molar-refractivity contribution in [3.05, 3.63) is 75.7 Å². The van der Waals surface area contributed by atoms with Gasteiger partial charge in [-0.05, 0) is 49.4 Å². The lowest BCUT2D eigenvalue weighted by Gasteiger charge is -2.15. The fourth-order valence-electron chi connectivity index (χ4n) is 3.07. The van der Waals surface area contributed by atoms with E-state index in [-0.39, 0.29) is 11.5 Å². The highest BCUT2D eigenvalue weighted by atomic mass is 16.2. The van der Waals surface area contributed by atoms with Crippen LogP contribution in [0.25, 0.3) is 10.8 Å². The summed E-state index contributed by atoms with van der Waals surface area (Å²) in [6.07, 6.45) is 0.780. The molecule has 128 valence electrons. The first kappa shape index (κ1) is 17.0. The van der Waals surface area contributed by atoms with Gasteiger partial charge in [0, 0.05) is 17.6 Å². The zero-order valence-corrected chi connectivity index (χ0v) is 14.8. The van der Waals surface area contributed by atoms with Crippen LogP contribution in [0.3, 0.4) is 0 Å². The predicted octanol–water partition coefficient (Wildman–Crippen LogP) is 4.28. The molecule has 4 heteroatoms. The van der Waals surface area contributed by atoms with Crippen LogP contribution in [0.5, 0.6) is 0 Å². The molecule has 1 N–H and O–H groups in total. The Morgan fingerprint density at radius 2 is 1.84 bits per heavy atom. The highest BCUT2D eigenvalue weighted by molar-refractivity contribution is 6.05. The summed E-state index contributed by atoms with van der Waals surface area (Å²) < 4.78 is 1.57. The average molecular weight is 334 g/mol. The number of amides is 1. The molecule has 0 unspecified atom stereocenters. The summed E-state index contributed by atoms with van der Waals surface area (Å²) in [7, 11) is 0. The van der Waals surface area contributed by atoms with Crippen LogP contribution in [0.4, 0.5) is 5.69 Å². The van der Waals surface area contributed by atoms with Crippen molar-refractivity contribution in [2.75, 3.05) is 5.32 Å². The molecule has 1 aromatic heterocycles. The van der Waals surface area contributed by atoms with Crippen LogP contribution < -0.4 is 10.9 Å². The number of nitrogens with zero attached hydrogens (tertiary/aromatic N) is 1. The van der Waals surface area contributed by atoms with Crippen molar-refractivity contribution in [2.24, 2.45) is 0 Å². The number of aryl methyl sites for hydroxylation is 2. The first-order valence-electron chi connectivity index (χ1n) is 8.52. The van der Waals surface area contributed by atoms with Gasteiger partial charge in [-0.15, -0.1) is 0 Å². The number of pyridine rings is 1. The van der Waals surface area contributed by atoms with E-state index in [9.17, 15) is 9.59 Å². The van der Waals surface area contributed by atoms with Gasteiger partial charge in [0.2, 0.25) is 0 Å². The molecule has 3 rings (SSSR count). The van der Waals surface area contributed by atoms with Gasteiger partial charge >= 0.3 is 0 Å². The Morgan fingerprint density at radius 3 is 2.56 bits per heavy atom. The van der Waals surface area contributed by atoms with Crippen LogP contribution >= 0.6 is 0 Å². The largest absolute Gasteiger partial charge is 0.320 e. The van der Waals surface area contributed by atoms with Crippen LogP contribution in [0.2, 0.25) is 0 Å². The van der Waals surface area contributed by atoms with Gasteiger partial charge in [-0.1, -0.05) is 42.8 Å². The first-order valence-corrected chi connectivity index (χ1v) is 8.52. The number of benzene rings is 2. The normalized spacial score (nSPS) is 10.8. The fraction of sp³-hybridized carbons (Fsp3) is 0.238. The van der Waals surface area contributed by atoms with Gasteiger partial charge in [-0.2, -0.15) is 0 Å². The Labute approximate surface area is 147 Å². The van der Waals surface area contributed by atoms with Crippen molar-refractivity contribution in [2.45, 2.75) is 33.7 Å². The molecule has 0 saturated heterocycles. The third-order valence-electron chi connectivity index (χ3n) is 4.33. The van der Waals surface area contributed by atoms with E-state index in [0.717, 1.165) is 28.6 Å². The van der Waals surface area contributed by atoms with E-state index in [0.29, 0.717) is 17.6 Å². The number of hydrogen-bond donors (Lipinski definition) is 1. The number of carbonyl (C=O) groups is 1. The van der Waals surface area contributed by atoms with E-state index in [1.807, 2.05) is 57.2 Å². The molecule has 0 saturated carbocycles. The summed E-state index contributed by atoms with van der Waals surface area (Å²) in [6, 6.07) is 15.1. The van der Waals surface area contributed by atoms with E-state index < -0.39 is 0 Å². The monoisotopic (exact) mass is 334 g/mol. The van der Waals surface area contributed by atoms with E-state index >= 15 is 0 Å². The molecule has 0 radical (unpaired) electrons. The molecule has 0 atom stereocenters. The maximum absolute atomic E-state index is 12.9. The Hall–Kier alpha value is -2.88. The molecule has 1 heterocycles. The third-order valence-corrected chi connectivity index (χ3v) is 4.33. The lowest BCUT2D eigenvalue weighted by atomic mass is 10.1. The average Bonchev–Trinajstić information content (AvgIpc) is 2.59. The molecule has 2 aromatic carbocycles. The number of aromatic nitrogens is 1. The SMILES string of the molecule is CCCn1c(C(=O)Nc2ccc(C)cc2C)cc2ccccc2c1=O. The van der Waals surface area contributed by atoms with Gasteiger partial charge in [-0.3, -0.25) is 9.59 Å². The Morgan fingerprint density at radius 1 is 1.08 bits per heavy atom. The van der Waals surface area contributed by atoms with Gasteiger partial charge in [0.05, 0.1) is 0 Å². The third kappa shape index (κ3) is 3.33. The molecule has 0 bridgehead atoms. The number of anilines is 1. The molecule has 1 amide bonds. The summed E-state index contributed by atoms with van der Waals surface area (Å²) in [4.78, 5) is 25.7. The van der Waals surface area contributed by atoms with Crippen molar-refractivity contribution in [1.82, 2.24) is 4.57 Å². The number of carbonyl (C=O) groups excluding carboxylic acids is 1. The summed E-state index contributed by atoms with van der Waals surface area (Å²) in [5.41, 5.74) is 3.18. The number of nitrogens with one attached hydrogen (secondary N) is 1. The molecule has 0 aliphatic rings. The number of fused-ring (bicyclic) bond motifs is 1. The highest BCUT2D eigenvalue weighted by Crippen LogP contribution is 2.18. The minimum Gasteiger partial charge on any atom is -0.320 e. The zero-order chi connectivity index (χ0) is 18.0. The number of rotatable bonds is 4. The summed E-state index contributed by atoms with van der Waals surface area (Å²) >= 11 is 0. The second-order valence-electron chi connectivity index (χ2n) is 6.35. The molecule has 0 fully saturated rings. The van der Waals surface area contributed by atoms with Gasteiger partial charge < -0.3 is 9.88 Å². The second kappa shape index (κ2) is 6.93. The van der Waals surface area contributed by atoms with Gasteiger partial charge in [0.1, 0.15) is 5.69 Å². The van der Waals surface area contributed by atoms with Crippen molar-refractivity contribution in [3.8, 4) is 0 Å². The predicted molar refractivity (Wildman–Crippen MR) is 102 cm³/mol. The highest BCUT2D eigenvalue weighted by Gasteiger charge is 2.16. The molecule has 0 spiro atoms. The van der Waals surface area contributed by atoms with E-state index in [2.05, 4.69) is 5.32 Å². The summed E-state index contributed by atoms with van der Waals surface area (Å²) in [5.74, 6) is -0.261. The first-order chi connectivity index (χ1) is 12.0. The van der Waals surface area contributed by atoms with Crippen LogP contribution in [-0.2, 0) is 6.54 Å². The minimum absolute atomic E-state index is 0.120. The second-order valence-corrected chi connectivity index (χ2v) is 6.35. The van der Waals surface area contributed by atoms with E-state index in [4.69, 9.17) is 0 Å². The molecule has 3 aromatic rings. The van der Waals surface area contributed by atoms with Gasteiger partial charge in [0.25, 0.3) is 11.5 Å². The van der Waals surface area contributed by atoms with Crippen molar-refractivity contribution in [3.63, 3.8) is 0 Å². The van der Waals surface area contributed by atoms with Crippen molar-refractivity contribution >= 4 is 22.4 Å². The quantitative estimate of drug-likeness (QED) is 0.774. The molecular formula is C21H22N2O2. The lowest BCUT2D eigenvalue weighted by Crippen LogP contribution is -2.29. The Kier molecular flexibility index (Phi) is 4.70. The van der Waals surface area contributed by atoms with Gasteiger partial charge in [0.15, 0.2) is 0 Å². The van der Waals surface area contributed by atoms with Crippen LogP contribution in [-0.4, -0.2) is 10.5 Å². The number of hydrogen-bond acceptors (Lipinski definition) is 2. The fourth-order valence-corrected chi connectivity index (χ4v) is 3.07. The maximum atomic E-state index is 12.9. The van der Waals surface area contributed by atoms with Crippen LogP contribution in [0.15, 0.2) is 53.3 Å². The molecule has 4 nitrogen and oxygen atoms in total. The molecule has 25 heavy (non-hydrogen) atoms. The summed E-state index contributed by atoms with van der Waals surface area (Å²) in [5, 5.41) is 4.37. The van der Waals surface area contributed by atoms with Gasteiger partial charge in [-0.25, -0.2) is 0 Å². The van der Waals surface area contributed by atoms with E-state index in [1.54, 1.807) is 16.7 Å². The Bertz CT molecular complexity index is 1000. The molecule has 0 aliphatic heterocycles. The topological polar surface area (TPSA) is 51.1 Å². The summed E-state index contributed by atoms with van der Waals surface area (Å²) in [6.45, 7) is 6.48.